The van der Waals surface area contributed by atoms with Crippen LogP contribution in [0.4, 0.5) is 0 Å². The van der Waals surface area contributed by atoms with Gasteiger partial charge in [-0.05, 0) is 13.8 Å². The molecule has 0 saturated heterocycles. The van der Waals surface area contributed by atoms with E-state index in [2.05, 4.69) is 4.99 Å². The molecule has 0 rings (SSSR count). The first-order chi connectivity index (χ1) is 5.27. The van der Waals surface area contributed by atoms with Crippen molar-refractivity contribution in [2.75, 3.05) is 0 Å². The van der Waals surface area contributed by atoms with E-state index in [1.165, 1.54) is 0 Å². The fourth-order valence-corrected chi connectivity index (χ4v) is 0.192. The molecule has 0 aromatic rings. The fourth-order valence-electron chi connectivity index (χ4n) is 0.192. The molecule has 0 aliphatic carbocycles. The summed E-state index contributed by atoms with van der Waals surface area (Å²) < 4.78 is 0. The number of rotatable bonds is 1. The van der Waals surface area contributed by atoms with Crippen molar-refractivity contribution in [2.45, 2.75) is 41.5 Å². The molecule has 2 nitrogen and oxygen atoms in total. The predicted octanol–water partition coefficient (Wildman–Crippen LogP) is 2.95. The highest BCUT2D eigenvalue weighted by Gasteiger charge is 1.66. The Morgan fingerprint density at radius 1 is 1.18 bits per heavy atom. The zero-order valence-electron chi connectivity index (χ0n) is 8.68. The first-order valence-corrected chi connectivity index (χ1v) is 4.17. The molecule has 0 radical (unpaired) electrons. The molecular weight excluding hydrogens is 136 g/mol. The highest BCUT2D eigenvalue weighted by atomic mass is 14.7. The zero-order chi connectivity index (χ0) is 9.70. The van der Waals surface area contributed by atoms with Crippen molar-refractivity contribution in [1.29, 1.82) is 0 Å². The largest absolute Gasteiger partial charge is 0.401 e. The maximum atomic E-state index is 5.23. The van der Waals surface area contributed by atoms with Crippen LogP contribution < -0.4 is 5.73 Å². The third-order valence-corrected chi connectivity index (χ3v) is 0.427. The van der Waals surface area contributed by atoms with Crippen LogP contribution in [-0.2, 0) is 0 Å². The van der Waals surface area contributed by atoms with E-state index in [9.17, 15) is 0 Å². The van der Waals surface area contributed by atoms with Gasteiger partial charge in [0.05, 0.1) is 0 Å². The van der Waals surface area contributed by atoms with E-state index >= 15 is 0 Å². The molecule has 0 spiro atoms. The summed E-state index contributed by atoms with van der Waals surface area (Å²) in [6.45, 7) is 11.6. The monoisotopic (exact) mass is 158 g/mol. The van der Waals surface area contributed by atoms with E-state index in [-0.39, 0.29) is 0 Å². The lowest BCUT2D eigenvalue weighted by Crippen LogP contribution is -1.87. The Hall–Kier alpha value is -0.790. The SMILES string of the molecule is CC.CC.CC=N/C=C(/C)N. The minimum atomic E-state index is 0.734. The van der Waals surface area contributed by atoms with Crippen molar-refractivity contribution in [3.8, 4) is 0 Å². The number of aliphatic imine (C=N–C) groups is 1. The Balaban J connectivity index is -0.000000138. The molecule has 0 fully saturated rings. The lowest BCUT2D eigenvalue weighted by atomic mass is 10.6. The third kappa shape index (κ3) is 46.5. The fraction of sp³-hybridized carbons (Fsp3) is 0.667. The molecule has 0 aliphatic rings. The second-order valence-corrected chi connectivity index (χ2v) is 1.28. The number of nitrogens with zero attached hydrogens (tertiary/aromatic N) is 1. The summed E-state index contributed by atoms with van der Waals surface area (Å²) in [5.41, 5.74) is 5.96. The quantitative estimate of drug-likeness (QED) is 0.585. The van der Waals surface area contributed by atoms with Crippen molar-refractivity contribution in [3.05, 3.63) is 11.9 Å². The van der Waals surface area contributed by atoms with Crippen LogP contribution >= 0.6 is 0 Å². The molecule has 0 aliphatic heterocycles. The van der Waals surface area contributed by atoms with E-state index in [0.717, 1.165) is 5.70 Å². The van der Waals surface area contributed by atoms with Gasteiger partial charge in [0, 0.05) is 18.1 Å². The van der Waals surface area contributed by atoms with Crippen LogP contribution in [0.25, 0.3) is 0 Å². The number of nitrogens with two attached hydrogens (primary N) is 1. The van der Waals surface area contributed by atoms with Crippen LogP contribution in [-0.4, -0.2) is 6.21 Å². The summed E-state index contributed by atoms with van der Waals surface area (Å²) in [5, 5.41) is 0. The van der Waals surface area contributed by atoms with Gasteiger partial charge in [0.2, 0.25) is 0 Å². The standard InChI is InChI=1S/C5H10N2.2C2H6/c1-3-7-4-5(2)6;2*1-2/h3-4H,6H2,1-2H3;2*1-2H3/b5-4-,7-3?;;. The van der Waals surface area contributed by atoms with Crippen molar-refractivity contribution in [3.63, 3.8) is 0 Å². The Morgan fingerprint density at radius 3 is 1.64 bits per heavy atom. The molecule has 0 aromatic carbocycles. The van der Waals surface area contributed by atoms with Gasteiger partial charge >= 0.3 is 0 Å². The summed E-state index contributed by atoms with van der Waals surface area (Å²) in [6.07, 6.45) is 3.30. The normalized spacial score (nSPS) is 9.45. The van der Waals surface area contributed by atoms with Gasteiger partial charge in [0.15, 0.2) is 0 Å². The Labute approximate surface area is 71.2 Å². The van der Waals surface area contributed by atoms with Crippen molar-refractivity contribution >= 4 is 6.21 Å². The molecule has 0 heterocycles. The van der Waals surface area contributed by atoms with Crippen LogP contribution in [0.2, 0.25) is 0 Å². The Bertz CT molecular complexity index is 89.7. The Kier molecular flexibility index (Phi) is 34.6. The van der Waals surface area contributed by atoms with Crippen molar-refractivity contribution in [1.82, 2.24) is 0 Å². The molecule has 0 bridgehead atoms. The topological polar surface area (TPSA) is 38.4 Å². The van der Waals surface area contributed by atoms with Crippen molar-refractivity contribution < 1.29 is 0 Å². The molecule has 0 amide bonds. The second kappa shape index (κ2) is 22.9. The minimum absolute atomic E-state index is 0.734. The molecule has 2 N–H and O–H groups in total. The first-order valence-electron chi connectivity index (χ1n) is 4.17. The first kappa shape index (κ1) is 16.7. The summed E-state index contributed by atoms with van der Waals surface area (Å²) in [4.78, 5) is 3.76. The smallest absolute Gasteiger partial charge is 0.0448 e. The second-order valence-electron chi connectivity index (χ2n) is 1.28. The van der Waals surface area contributed by atoms with E-state index < -0.39 is 0 Å². The van der Waals surface area contributed by atoms with Gasteiger partial charge in [-0.2, -0.15) is 0 Å². The molecule has 0 saturated carbocycles. The highest BCUT2D eigenvalue weighted by molar-refractivity contribution is 5.54. The van der Waals surface area contributed by atoms with Crippen LogP contribution in [0.3, 0.4) is 0 Å². The number of hydrogen-bond donors (Lipinski definition) is 1. The number of allylic oxidation sites excluding steroid dienone is 1. The summed E-state index contributed by atoms with van der Waals surface area (Å²) in [7, 11) is 0. The van der Waals surface area contributed by atoms with Gasteiger partial charge in [-0.1, -0.05) is 27.7 Å². The third-order valence-electron chi connectivity index (χ3n) is 0.427. The molecular formula is C9H22N2. The summed E-state index contributed by atoms with van der Waals surface area (Å²) >= 11 is 0. The average Bonchev–Trinajstić information content (AvgIpc) is 2.08. The molecule has 68 valence electrons. The van der Waals surface area contributed by atoms with E-state index in [4.69, 9.17) is 5.73 Å². The Morgan fingerprint density at radius 2 is 1.55 bits per heavy atom. The van der Waals surface area contributed by atoms with Crippen LogP contribution in [0.1, 0.15) is 41.5 Å². The maximum Gasteiger partial charge on any atom is 0.0448 e. The zero-order valence-corrected chi connectivity index (χ0v) is 8.68. The average molecular weight is 158 g/mol. The number of hydrogen-bond acceptors (Lipinski definition) is 2. The van der Waals surface area contributed by atoms with Crippen LogP contribution in [0.5, 0.6) is 0 Å². The molecule has 0 atom stereocenters. The van der Waals surface area contributed by atoms with Gasteiger partial charge in [-0.3, -0.25) is 4.99 Å². The van der Waals surface area contributed by atoms with Crippen LogP contribution in [0, 0.1) is 0 Å². The maximum absolute atomic E-state index is 5.23. The van der Waals surface area contributed by atoms with E-state index in [1.54, 1.807) is 19.3 Å². The molecule has 11 heavy (non-hydrogen) atoms. The predicted molar refractivity (Wildman–Crippen MR) is 54.8 cm³/mol. The van der Waals surface area contributed by atoms with Gasteiger partial charge in [0.1, 0.15) is 0 Å². The van der Waals surface area contributed by atoms with Gasteiger partial charge in [-0.25, -0.2) is 0 Å². The molecule has 0 aromatic heterocycles. The molecule has 0 unspecified atom stereocenters. The van der Waals surface area contributed by atoms with Gasteiger partial charge in [0.25, 0.3) is 0 Å². The molecule has 2 heteroatoms. The van der Waals surface area contributed by atoms with E-state index in [0.29, 0.717) is 0 Å². The van der Waals surface area contributed by atoms with Crippen molar-refractivity contribution in [2.24, 2.45) is 10.7 Å². The van der Waals surface area contributed by atoms with Crippen LogP contribution in [0.15, 0.2) is 16.9 Å². The summed E-state index contributed by atoms with van der Waals surface area (Å²) in [6, 6.07) is 0. The van der Waals surface area contributed by atoms with Gasteiger partial charge < -0.3 is 5.73 Å². The highest BCUT2D eigenvalue weighted by Crippen LogP contribution is 1.77. The lowest BCUT2D eigenvalue weighted by Gasteiger charge is -1.79. The van der Waals surface area contributed by atoms with Gasteiger partial charge in [-0.15, -0.1) is 0 Å². The minimum Gasteiger partial charge on any atom is -0.401 e. The summed E-state index contributed by atoms with van der Waals surface area (Å²) in [5.74, 6) is 0. The van der Waals surface area contributed by atoms with E-state index in [1.807, 2.05) is 34.6 Å². The lowest BCUT2D eigenvalue weighted by molar-refractivity contribution is 1.28.